The van der Waals surface area contributed by atoms with Crippen LogP contribution in [0.4, 0.5) is 0 Å². The Morgan fingerprint density at radius 1 is 1.05 bits per heavy atom. The maximum atomic E-state index is 11.8. The Morgan fingerprint density at radius 2 is 1.73 bits per heavy atom. The first kappa shape index (κ1) is 14.8. The first-order valence-electron chi connectivity index (χ1n) is 7.71. The Balaban J connectivity index is 1.46. The second kappa shape index (κ2) is 6.75. The maximum Gasteiger partial charge on any atom is 0.338 e. The van der Waals surface area contributed by atoms with Crippen molar-refractivity contribution in [3.63, 3.8) is 0 Å². The molecule has 0 spiro atoms. The highest BCUT2D eigenvalue weighted by molar-refractivity contribution is 5.89. The van der Waals surface area contributed by atoms with Crippen LogP contribution in [-0.4, -0.2) is 23.8 Å². The molecule has 1 N–H and O–H groups in total. The van der Waals surface area contributed by atoms with Crippen molar-refractivity contribution in [1.29, 1.82) is 0 Å². The van der Waals surface area contributed by atoms with E-state index in [9.17, 15) is 9.90 Å². The Morgan fingerprint density at radius 3 is 2.36 bits per heavy atom. The van der Waals surface area contributed by atoms with Crippen LogP contribution in [0.25, 0.3) is 0 Å². The summed E-state index contributed by atoms with van der Waals surface area (Å²) >= 11 is 0. The summed E-state index contributed by atoms with van der Waals surface area (Å²) in [5.74, 6) is 0.223. The van der Waals surface area contributed by atoms with Gasteiger partial charge in [-0.15, -0.1) is 0 Å². The minimum Gasteiger partial charge on any atom is -0.462 e. The molecule has 22 heavy (non-hydrogen) atoms. The van der Waals surface area contributed by atoms with Crippen molar-refractivity contribution in [2.45, 2.75) is 31.3 Å². The van der Waals surface area contributed by atoms with Gasteiger partial charge in [0.2, 0.25) is 0 Å². The van der Waals surface area contributed by atoms with Crippen LogP contribution in [0.5, 0.6) is 0 Å². The molecule has 2 aromatic rings. The third kappa shape index (κ3) is 3.55. The number of esters is 1. The number of rotatable bonds is 5. The molecule has 0 aromatic heterocycles. The fourth-order valence-electron chi connectivity index (χ4n) is 2.74. The van der Waals surface area contributed by atoms with Crippen LogP contribution < -0.4 is 0 Å². The zero-order valence-electron chi connectivity index (χ0n) is 12.4. The highest BCUT2D eigenvalue weighted by Gasteiger charge is 2.28. The van der Waals surface area contributed by atoms with Crippen LogP contribution >= 0.6 is 0 Å². The number of carbonyl (C=O) groups is 1. The van der Waals surface area contributed by atoms with Crippen molar-refractivity contribution in [2.75, 3.05) is 6.61 Å². The van der Waals surface area contributed by atoms with Gasteiger partial charge in [0.25, 0.3) is 0 Å². The van der Waals surface area contributed by atoms with Crippen molar-refractivity contribution < 1.29 is 14.6 Å². The smallest absolute Gasteiger partial charge is 0.338 e. The Hall–Kier alpha value is -2.13. The van der Waals surface area contributed by atoms with Gasteiger partial charge in [-0.25, -0.2) is 4.79 Å². The number of benzene rings is 2. The van der Waals surface area contributed by atoms with Crippen LogP contribution in [0, 0.1) is 0 Å². The minimum atomic E-state index is -0.277. The molecule has 0 aliphatic heterocycles. The third-order valence-corrected chi connectivity index (χ3v) is 4.20. The Kier molecular flexibility index (Phi) is 4.54. The van der Waals surface area contributed by atoms with Crippen molar-refractivity contribution in [1.82, 2.24) is 0 Å². The van der Waals surface area contributed by atoms with E-state index in [1.807, 2.05) is 18.2 Å². The molecule has 0 saturated heterocycles. The molecule has 1 aliphatic rings. The molecule has 1 fully saturated rings. The van der Waals surface area contributed by atoms with Crippen LogP contribution in [0.15, 0.2) is 54.6 Å². The standard InChI is InChI=1S/C19H20O3/c20-18-12-17(13-18)15-8-6-14(7-9-15)10-11-22-19(21)16-4-2-1-3-5-16/h1-9,17-18,20H,10-13H2. The SMILES string of the molecule is O=C(OCCc1ccc(C2CC(O)C2)cc1)c1ccccc1. The minimum absolute atomic E-state index is 0.123. The van der Waals surface area contributed by atoms with Gasteiger partial charge in [-0.05, 0) is 42.0 Å². The van der Waals surface area contributed by atoms with Gasteiger partial charge < -0.3 is 9.84 Å². The Bertz CT molecular complexity index is 613. The molecule has 1 aliphatic carbocycles. The largest absolute Gasteiger partial charge is 0.462 e. The normalized spacial score (nSPS) is 20.2. The van der Waals surface area contributed by atoms with Crippen molar-refractivity contribution in [3.05, 3.63) is 71.3 Å². The number of aliphatic hydroxyl groups is 1. The lowest BCUT2D eigenvalue weighted by atomic mass is 9.77. The molecular weight excluding hydrogens is 276 g/mol. The molecule has 0 amide bonds. The number of aliphatic hydroxyl groups excluding tert-OH is 1. The molecule has 3 heteroatoms. The predicted molar refractivity (Wildman–Crippen MR) is 84.9 cm³/mol. The summed E-state index contributed by atoms with van der Waals surface area (Å²) in [6.45, 7) is 0.384. The van der Waals surface area contributed by atoms with E-state index in [1.54, 1.807) is 12.1 Å². The summed E-state index contributed by atoms with van der Waals surface area (Å²) in [6.07, 6.45) is 2.33. The molecule has 0 unspecified atom stereocenters. The van der Waals surface area contributed by atoms with E-state index in [0.717, 1.165) is 18.4 Å². The molecule has 114 valence electrons. The summed E-state index contributed by atoms with van der Waals surface area (Å²) in [7, 11) is 0. The topological polar surface area (TPSA) is 46.5 Å². The first-order chi connectivity index (χ1) is 10.7. The second-order valence-corrected chi connectivity index (χ2v) is 5.82. The van der Waals surface area contributed by atoms with Crippen molar-refractivity contribution in [3.8, 4) is 0 Å². The quantitative estimate of drug-likeness (QED) is 0.861. The fraction of sp³-hybridized carbons (Fsp3) is 0.316. The van der Waals surface area contributed by atoms with E-state index in [2.05, 4.69) is 24.3 Å². The van der Waals surface area contributed by atoms with E-state index in [4.69, 9.17) is 4.74 Å². The maximum absolute atomic E-state index is 11.8. The average Bonchev–Trinajstić information content (AvgIpc) is 2.53. The summed E-state index contributed by atoms with van der Waals surface area (Å²) in [6, 6.07) is 17.4. The van der Waals surface area contributed by atoms with E-state index < -0.39 is 0 Å². The molecule has 0 heterocycles. The monoisotopic (exact) mass is 296 g/mol. The van der Waals surface area contributed by atoms with Crippen molar-refractivity contribution >= 4 is 5.97 Å². The van der Waals surface area contributed by atoms with Crippen LogP contribution in [0.3, 0.4) is 0 Å². The highest BCUT2D eigenvalue weighted by Crippen LogP contribution is 2.36. The molecule has 3 nitrogen and oxygen atoms in total. The van der Waals surface area contributed by atoms with Crippen LogP contribution in [-0.2, 0) is 11.2 Å². The van der Waals surface area contributed by atoms with Gasteiger partial charge in [-0.2, -0.15) is 0 Å². The summed E-state index contributed by atoms with van der Waals surface area (Å²) in [5.41, 5.74) is 3.03. The fourth-order valence-corrected chi connectivity index (χ4v) is 2.74. The lowest BCUT2D eigenvalue weighted by molar-refractivity contribution is 0.0509. The molecule has 2 aromatic carbocycles. The van der Waals surface area contributed by atoms with Gasteiger partial charge in [0, 0.05) is 6.42 Å². The molecule has 3 rings (SSSR count). The van der Waals surface area contributed by atoms with Gasteiger partial charge in [0.05, 0.1) is 18.3 Å². The third-order valence-electron chi connectivity index (χ3n) is 4.20. The van der Waals surface area contributed by atoms with Gasteiger partial charge in [0.15, 0.2) is 0 Å². The van der Waals surface area contributed by atoms with Crippen LogP contribution in [0.2, 0.25) is 0 Å². The Labute approximate surface area is 130 Å². The lowest BCUT2D eigenvalue weighted by Crippen LogP contribution is -2.26. The van der Waals surface area contributed by atoms with E-state index in [0.29, 0.717) is 24.5 Å². The lowest BCUT2D eigenvalue weighted by Gasteiger charge is -2.31. The summed E-state index contributed by atoms with van der Waals surface area (Å²) in [4.78, 5) is 11.8. The zero-order chi connectivity index (χ0) is 15.4. The zero-order valence-corrected chi connectivity index (χ0v) is 12.4. The highest BCUT2D eigenvalue weighted by atomic mass is 16.5. The molecular formula is C19H20O3. The average molecular weight is 296 g/mol. The van der Waals surface area contributed by atoms with E-state index in [-0.39, 0.29) is 12.1 Å². The van der Waals surface area contributed by atoms with Gasteiger partial charge in [-0.3, -0.25) is 0 Å². The first-order valence-corrected chi connectivity index (χ1v) is 7.71. The predicted octanol–water partition coefficient (Wildman–Crippen LogP) is 3.32. The number of hydrogen-bond acceptors (Lipinski definition) is 3. The number of hydrogen-bond donors (Lipinski definition) is 1. The summed E-state index contributed by atoms with van der Waals surface area (Å²) < 4.78 is 5.28. The summed E-state index contributed by atoms with van der Waals surface area (Å²) in [5, 5.41) is 9.35. The number of ether oxygens (including phenoxy) is 1. The van der Waals surface area contributed by atoms with E-state index in [1.165, 1.54) is 5.56 Å². The molecule has 0 atom stereocenters. The van der Waals surface area contributed by atoms with Crippen molar-refractivity contribution in [2.24, 2.45) is 0 Å². The molecule has 1 saturated carbocycles. The van der Waals surface area contributed by atoms with Gasteiger partial charge in [0.1, 0.15) is 0 Å². The molecule has 0 bridgehead atoms. The van der Waals surface area contributed by atoms with Gasteiger partial charge in [-0.1, -0.05) is 42.5 Å². The molecule has 0 radical (unpaired) electrons. The number of carbonyl (C=O) groups excluding carboxylic acids is 1. The van der Waals surface area contributed by atoms with Gasteiger partial charge >= 0.3 is 5.97 Å². The second-order valence-electron chi connectivity index (χ2n) is 5.82. The van der Waals surface area contributed by atoms with Crippen LogP contribution in [0.1, 0.15) is 40.2 Å². The van der Waals surface area contributed by atoms with E-state index >= 15 is 0 Å².